The third-order valence-electron chi connectivity index (χ3n) is 2.85. The van der Waals surface area contributed by atoms with Crippen LogP contribution in [0.3, 0.4) is 0 Å². The number of hydrogen-bond acceptors (Lipinski definition) is 4. The highest BCUT2D eigenvalue weighted by Crippen LogP contribution is 2.16. The molecule has 0 bridgehead atoms. The van der Waals surface area contributed by atoms with Gasteiger partial charge in [0.1, 0.15) is 0 Å². The number of amides is 1. The molecular formula is C14H17NO3S. The molecule has 4 nitrogen and oxygen atoms in total. The minimum atomic E-state index is -0.0490. The summed E-state index contributed by atoms with van der Waals surface area (Å²) in [6.07, 6.45) is 1.48. The van der Waals surface area contributed by atoms with Crippen LogP contribution in [0.4, 0.5) is 0 Å². The summed E-state index contributed by atoms with van der Waals surface area (Å²) >= 11 is 1.38. The third kappa shape index (κ3) is 4.35. The van der Waals surface area contributed by atoms with Gasteiger partial charge in [-0.25, -0.2) is 0 Å². The molecule has 1 atom stereocenters. The van der Waals surface area contributed by atoms with Crippen LogP contribution < -0.4 is 5.32 Å². The minimum absolute atomic E-state index is 0.0490. The number of carbonyl (C=O) groups excluding carboxylic acids is 1. The van der Waals surface area contributed by atoms with Gasteiger partial charge in [0.2, 0.25) is 0 Å². The van der Waals surface area contributed by atoms with Crippen molar-refractivity contribution in [3.63, 3.8) is 0 Å². The Labute approximate surface area is 116 Å². The van der Waals surface area contributed by atoms with E-state index in [0.29, 0.717) is 23.8 Å². The van der Waals surface area contributed by atoms with E-state index in [0.717, 1.165) is 24.5 Å². The fraction of sp³-hybridized carbons (Fsp3) is 0.500. The maximum absolute atomic E-state index is 11.9. The Morgan fingerprint density at radius 1 is 1.58 bits per heavy atom. The predicted molar refractivity (Wildman–Crippen MR) is 74.2 cm³/mol. The van der Waals surface area contributed by atoms with E-state index in [4.69, 9.17) is 9.84 Å². The van der Waals surface area contributed by atoms with Crippen molar-refractivity contribution in [2.45, 2.75) is 12.8 Å². The number of aliphatic hydroxyl groups is 1. The van der Waals surface area contributed by atoms with Gasteiger partial charge < -0.3 is 15.2 Å². The molecule has 1 amide bonds. The normalized spacial score (nSPS) is 17.8. The molecule has 1 aromatic heterocycles. The third-order valence-corrected chi connectivity index (χ3v) is 3.85. The van der Waals surface area contributed by atoms with Crippen LogP contribution in [-0.2, 0) is 4.74 Å². The first-order valence-electron chi connectivity index (χ1n) is 6.35. The van der Waals surface area contributed by atoms with E-state index in [-0.39, 0.29) is 12.5 Å². The fourth-order valence-electron chi connectivity index (χ4n) is 1.80. The molecule has 2 N–H and O–H groups in total. The second-order valence-electron chi connectivity index (χ2n) is 4.38. The van der Waals surface area contributed by atoms with Crippen LogP contribution in [0.15, 0.2) is 12.1 Å². The first-order chi connectivity index (χ1) is 9.29. The number of hydrogen-bond donors (Lipinski definition) is 2. The Morgan fingerprint density at radius 3 is 3.21 bits per heavy atom. The average Bonchev–Trinajstić information content (AvgIpc) is 3.07. The molecule has 2 heterocycles. The molecule has 0 aromatic carbocycles. The van der Waals surface area contributed by atoms with Crippen molar-refractivity contribution in [3.05, 3.63) is 21.9 Å². The van der Waals surface area contributed by atoms with Crippen molar-refractivity contribution in [1.29, 1.82) is 0 Å². The second kappa shape index (κ2) is 7.29. The molecule has 1 aromatic rings. The average molecular weight is 279 g/mol. The Bertz CT molecular complexity index is 480. The number of carbonyl (C=O) groups is 1. The Hall–Kier alpha value is -1.35. The van der Waals surface area contributed by atoms with Gasteiger partial charge in [-0.3, -0.25) is 4.79 Å². The second-order valence-corrected chi connectivity index (χ2v) is 5.46. The summed E-state index contributed by atoms with van der Waals surface area (Å²) in [4.78, 5) is 13.4. The van der Waals surface area contributed by atoms with Crippen LogP contribution >= 0.6 is 11.3 Å². The lowest BCUT2D eigenvalue weighted by atomic mass is 10.1. The zero-order chi connectivity index (χ0) is 13.5. The number of thiophene rings is 1. The molecule has 0 radical (unpaired) electrons. The van der Waals surface area contributed by atoms with Gasteiger partial charge in [0, 0.05) is 25.5 Å². The molecule has 1 unspecified atom stereocenters. The monoisotopic (exact) mass is 279 g/mol. The summed E-state index contributed by atoms with van der Waals surface area (Å²) in [6.45, 7) is 2.27. The summed E-state index contributed by atoms with van der Waals surface area (Å²) in [5.74, 6) is 6.16. The maximum Gasteiger partial charge on any atom is 0.261 e. The van der Waals surface area contributed by atoms with Gasteiger partial charge in [0.05, 0.1) is 23.0 Å². The van der Waals surface area contributed by atoms with Gasteiger partial charge in [0.25, 0.3) is 5.91 Å². The van der Waals surface area contributed by atoms with E-state index >= 15 is 0 Å². The number of rotatable bonds is 4. The van der Waals surface area contributed by atoms with E-state index in [1.807, 2.05) is 6.07 Å². The molecule has 2 rings (SSSR count). The lowest BCUT2D eigenvalue weighted by Crippen LogP contribution is -2.28. The maximum atomic E-state index is 11.9. The Balaban J connectivity index is 1.83. The molecular weight excluding hydrogens is 262 g/mol. The van der Waals surface area contributed by atoms with E-state index < -0.39 is 0 Å². The highest BCUT2D eigenvalue weighted by molar-refractivity contribution is 7.14. The molecule has 0 saturated carbocycles. The van der Waals surface area contributed by atoms with Crippen LogP contribution in [0.2, 0.25) is 0 Å². The molecule has 19 heavy (non-hydrogen) atoms. The summed E-state index contributed by atoms with van der Waals surface area (Å²) < 4.78 is 5.27. The van der Waals surface area contributed by atoms with E-state index in [2.05, 4.69) is 17.2 Å². The molecule has 1 fully saturated rings. The van der Waals surface area contributed by atoms with Gasteiger partial charge in [-0.2, -0.15) is 0 Å². The summed E-state index contributed by atoms with van der Waals surface area (Å²) in [5.41, 5.74) is 0. The largest absolute Gasteiger partial charge is 0.395 e. The molecule has 1 saturated heterocycles. The van der Waals surface area contributed by atoms with Crippen molar-refractivity contribution >= 4 is 17.2 Å². The van der Waals surface area contributed by atoms with Crippen molar-refractivity contribution in [3.8, 4) is 11.8 Å². The first kappa shape index (κ1) is 14.1. The molecule has 0 spiro atoms. The smallest absolute Gasteiger partial charge is 0.261 e. The summed E-state index contributed by atoms with van der Waals surface area (Å²) in [6, 6.07) is 3.62. The summed E-state index contributed by atoms with van der Waals surface area (Å²) in [5, 5.41) is 11.6. The number of ether oxygens (including phenoxy) is 1. The number of aliphatic hydroxyl groups excluding tert-OH is 1. The lowest BCUT2D eigenvalue weighted by Gasteiger charge is -2.07. The van der Waals surface area contributed by atoms with Gasteiger partial charge in [-0.05, 0) is 18.6 Å². The van der Waals surface area contributed by atoms with Crippen molar-refractivity contribution < 1.29 is 14.6 Å². The van der Waals surface area contributed by atoms with Crippen LogP contribution in [0.5, 0.6) is 0 Å². The molecule has 0 aliphatic carbocycles. The zero-order valence-corrected chi connectivity index (χ0v) is 11.5. The van der Waals surface area contributed by atoms with Gasteiger partial charge in [-0.15, -0.1) is 11.3 Å². The van der Waals surface area contributed by atoms with Gasteiger partial charge in [0.15, 0.2) is 0 Å². The Morgan fingerprint density at radius 2 is 2.47 bits per heavy atom. The molecule has 102 valence electrons. The molecule has 1 aliphatic heterocycles. The van der Waals surface area contributed by atoms with Crippen LogP contribution in [0.1, 0.15) is 27.4 Å². The lowest BCUT2D eigenvalue weighted by molar-refractivity contribution is 0.0949. The SMILES string of the molecule is O=C(NCC1CCOC1)c1ccc(C#CCCO)s1. The van der Waals surface area contributed by atoms with E-state index in [9.17, 15) is 4.79 Å². The molecule has 5 heteroatoms. The topological polar surface area (TPSA) is 58.6 Å². The van der Waals surface area contributed by atoms with Gasteiger partial charge in [-0.1, -0.05) is 11.8 Å². The predicted octanol–water partition coefficient (Wildman–Crippen LogP) is 1.25. The highest BCUT2D eigenvalue weighted by atomic mass is 32.1. The molecule has 1 aliphatic rings. The van der Waals surface area contributed by atoms with Crippen molar-refractivity contribution in [1.82, 2.24) is 5.32 Å². The van der Waals surface area contributed by atoms with Gasteiger partial charge >= 0.3 is 0 Å². The fourth-order valence-corrected chi connectivity index (χ4v) is 2.60. The van der Waals surface area contributed by atoms with Crippen molar-refractivity contribution in [2.75, 3.05) is 26.4 Å². The van der Waals surface area contributed by atoms with E-state index in [1.54, 1.807) is 6.07 Å². The summed E-state index contributed by atoms with van der Waals surface area (Å²) in [7, 11) is 0. The van der Waals surface area contributed by atoms with Crippen molar-refractivity contribution in [2.24, 2.45) is 5.92 Å². The first-order valence-corrected chi connectivity index (χ1v) is 7.16. The minimum Gasteiger partial charge on any atom is -0.395 e. The quantitative estimate of drug-likeness (QED) is 0.816. The highest BCUT2D eigenvalue weighted by Gasteiger charge is 2.17. The van der Waals surface area contributed by atoms with E-state index in [1.165, 1.54) is 11.3 Å². The standard InChI is InChI=1S/C14H17NO3S/c16-7-2-1-3-12-4-5-13(19-12)14(17)15-9-11-6-8-18-10-11/h4-5,11,16H,2,6-10H2,(H,15,17). The zero-order valence-electron chi connectivity index (χ0n) is 10.6. The van der Waals surface area contributed by atoms with Crippen LogP contribution in [-0.4, -0.2) is 37.4 Å². The van der Waals surface area contributed by atoms with Crippen LogP contribution in [0, 0.1) is 17.8 Å². The Kier molecular flexibility index (Phi) is 5.40. The van der Waals surface area contributed by atoms with Crippen LogP contribution in [0.25, 0.3) is 0 Å². The number of nitrogens with one attached hydrogen (secondary N) is 1.